The number of halogens is 1. The summed E-state index contributed by atoms with van der Waals surface area (Å²) in [7, 11) is 0. The number of nitrogens with two attached hydrogens (primary N) is 1. The molecule has 0 bridgehead atoms. The molecule has 4 unspecified atom stereocenters. The van der Waals surface area contributed by atoms with Crippen molar-refractivity contribution in [1.82, 2.24) is 20.5 Å². The smallest absolute Gasteiger partial charge is 0.272 e. The number of hydrogen-bond acceptors (Lipinski definition) is 7. The van der Waals surface area contributed by atoms with Gasteiger partial charge in [-0.3, -0.25) is 14.7 Å². The van der Waals surface area contributed by atoms with Crippen molar-refractivity contribution in [1.29, 1.82) is 0 Å². The van der Waals surface area contributed by atoms with Gasteiger partial charge in [-0.25, -0.2) is 9.02 Å². The first-order chi connectivity index (χ1) is 19.7. The average Bonchev–Trinajstić information content (AvgIpc) is 3.23. The number of aryl methyl sites for hydroxylation is 2. The van der Waals surface area contributed by atoms with Crippen LogP contribution >= 0.6 is 0 Å². The molecule has 1 spiro atoms. The minimum atomic E-state index is -0.687. The fourth-order valence-electron chi connectivity index (χ4n) is 6.50. The molecule has 6 rings (SSSR count). The third kappa shape index (κ3) is 4.85. The second kappa shape index (κ2) is 10.1. The number of nitrogens with one attached hydrogen (secondary N) is 2. The van der Waals surface area contributed by atoms with Crippen LogP contribution in [0.1, 0.15) is 71.2 Å². The Morgan fingerprint density at radius 1 is 1.20 bits per heavy atom. The molecule has 2 aliphatic rings. The summed E-state index contributed by atoms with van der Waals surface area (Å²) in [5, 5.41) is 17.9. The number of nitrogens with zero attached hydrogens (tertiary/aromatic N) is 3. The van der Waals surface area contributed by atoms with Crippen LogP contribution in [-0.4, -0.2) is 38.9 Å². The second-order valence-corrected chi connectivity index (χ2v) is 11.3. The van der Waals surface area contributed by atoms with E-state index in [0.717, 1.165) is 34.5 Å². The number of aromatic nitrogens is 4. The number of H-pyrrole nitrogens is 1. The molecule has 0 radical (unpaired) electrons. The summed E-state index contributed by atoms with van der Waals surface area (Å²) in [5.41, 5.74) is 11.1. The SMILES string of the molecule is Cc1n[nH]c(C)c1-c1ccc(NC(=O)CC2c3ccc(F)cc3OCC23CC3CC(C)c2nonc2C(N)=O)cc1. The number of benzene rings is 2. The number of carbonyl (C=O) groups is 2. The van der Waals surface area contributed by atoms with E-state index in [1.54, 1.807) is 6.07 Å². The number of primary amides is 1. The van der Waals surface area contributed by atoms with Crippen molar-refractivity contribution in [2.45, 2.75) is 51.9 Å². The summed E-state index contributed by atoms with van der Waals surface area (Å²) < 4.78 is 24.9. The molecule has 11 heteroatoms. The molecule has 1 saturated carbocycles. The molecule has 1 aliphatic heterocycles. The van der Waals surface area contributed by atoms with Crippen LogP contribution in [0.5, 0.6) is 5.75 Å². The fourth-order valence-corrected chi connectivity index (χ4v) is 6.50. The molecule has 41 heavy (non-hydrogen) atoms. The largest absolute Gasteiger partial charge is 0.493 e. The highest BCUT2D eigenvalue weighted by molar-refractivity contribution is 5.92. The van der Waals surface area contributed by atoms with Crippen LogP contribution in [0.3, 0.4) is 0 Å². The van der Waals surface area contributed by atoms with E-state index in [1.165, 1.54) is 12.1 Å². The zero-order chi connectivity index (χ0) is 28.9. The predicted octanol–water partition coefficient (Wildman–Crippen LogP) is 5.02. The van der Waals surface area contributed by atoms with E-state index in [2.05, 4.69) is 25.8 Å². The van der Waals surface area contributed by atoms with Crippen molar-refractivity contribution in [2.75, 3.05) is 11.9 Å². The maximum Gasteiger partial charge on any atom is 0.272 e. The summed E-state index contributed by atoms with van der Waals surface area (Å²) in [5.74, 6) is -0.863. The zero-order valence-electron chi connectivity index (χ0n) is 23.0. The van der Waals surface area contributed by atoms with E-state index < -0.39 is 5.91 Å². The van der Waals surface area contributed by atoms with E-state index in [9.17, 15) is 14.0 Å². The Bertz CT molecular complexity index is 1610. The summed E-state index contributed by atoms with van der Waals surface area (Å²) in [6.07, 6.45) is 1.72. The molecule has 1 fully saturated rings. The second-order valence-electron chi connectivity index (χ2n) is 11.3. The highest BCUT2D eigenvalue weighted by Crippen LogP contribution is 2.67. The van der Waals surface area contributed by atoms with E-state index in [4.69, 9.17) is 15.1 Å². The zero-order valence-corrected chi connectivity index (χ0v) is 23.0. The lowest BCUT2D eigenvalue weighted by Gasteiger charge is -2.35. The predicted molar refractivity (Wildman–Crippen MR) is 148 cm³/mol. The van der Waals surface area contributed by atoms with Gasteiger partial charge in [-0.15, -0.1) is 0 Å². The molecule has 2 aromatic heterocycles. The van der Waals surface area contributed by atoms with Gasteiger partial charge >= 0.3 is 0 Å². The van der Waals surface area contributed by atoms with Crippen molar-refractivity contribution in [3.05, 3.63) is 76.6 Å². The van der Waals surface area contributed by atoms with E-state index in [0.29, 0.717) is 30.2 Å². The molecule has 2 aromatic carbocycles. The van der Waals surface area contributed by atoms with Crippen LogP contribution in [0.4, 0.5) is 10.1 Å². The minimum Gasteiger partial charge on any atom is -0.493 e. The number of rotatable bonds is 8. The summed E-state index contributed by atoms with van der Waals surface area (Å²) >= 11 is 0. The number of hydrogen-bond donors (Lipinski definition) is 3. The Morgan fingerprint density at radius 2 is 1.98 bits per heavy atom. The first kappa shape index (κ1) is 26.7. The van der Waals surface area contributed by atoms with E-state index >= 15 is 0 Å². The third-order valence-corrected chi connectivity index (χ3v) is 8.65. The maximum atomic E-state index is 14.0. The number of amides is 2. The average molecular weight is 559 g/mol. The van der Waals surface area contributed by atoms with E-state index in [1.807, 2.05) is 45.0 Å². The van der Waals surface area contributed by atoms with Crippen molar-refractivity contribution < 1.29 is 23.3 Å². The van der Waals surface area contributed by atoms with Gasteiger partial charge in [-0.05, 0) is 67.1 Å². The lowest BCUT2D eigenvalue weighted by atomic mass is 9.76. The van der Waals surface area contributed by atoms with Crippen LogP contribution in [-0.2, 0) is 4.79 Å². The molecule has 10 nitrogen and oxygen atoms in total. The lowest BCUT2D eigenvalue weighted by molar-refractivity contribution is -0.117. The quantitative estimate of drug-likeness (QED) is 0.275. The molecular weight excluding hydrogens is 527 g/mol. The Morgan fingerprint density at radius 3 is 2.68 bits per heavy atom. The maximum absolute atomic E-state index is 14.0. The molecule has 4 aromatic rings. The molecule has 212 valence electrons. The van der Waals surface area contributed by atoms with Gasteiger partial charge in [0.2, 0.25) is 5.91 Å². The molecule has 3 heterocycles. The van der Waals surface area contributed by atoms with Gasteiger partial charge in [0.05, 0.1) is 12.3 Å². The van der Waals surface area contributed by atoms with Gasteiger partial charge in [0, 0.05) is 46.7 Å². The fraction of sp³-hybridized carbons (Fsp3) is 0.367. The highest BCUT2D eigenvalue weighted by Gasteiger charge is 2.62. The lowest BCUT2D eigenvalue weighted by Crippen LogP contribution is -2.32. The van der Waals surface area contributed by atoms with Crippen molar-refractivity contribution >= 4 is 17.5 Å². The Labute approximate surface area is 235 Å². The summed E-state index contributed by atoms with van der Waals surface area (Å²) in [4.78, 5) is 25.1. The van der Waals surface area contributed by atoms with Gasteiger partial charge in [0.15, 0.2) is 5.69 Å². The Kier molecular flexibility index (Phi) is 6.59. The monoisotopic (exact) mass is 558 g/mol. The molecule has 4 N–H and O–H groups in total. The van der Waals surface area contributed by atoms with Crippen LogP contribution < -0.4 is 15.8 Å². The highest BCUT2D eigenvalue weighted by atomic mass is 19.1. The number of carbonyl (C=O) groups excluding carboxylic acids is 2. The molecule has 2 amide bonds. The Hall–Kier alpha value is -4.54. The van der Waals surface area contributed by atoms with Crippen LogP contribution in [0.2, 0.25) is 0 Å². The van der Waals surface area contributed by atoms with Gasteiger partial charge in [0.1, 0.15) is 17.3 Å². The molecule has 1 aliphatic carbocycles. The molecule has 0 saturated heterocycles. The molecular formula is C30H31FN6O4. The minimum absolute atomic E-state index is 0.0351. The Balaban J connectivity index is 1.20. The first-order valence-electron chi connectivity index (χ1n) is 13.6. The topological polar surface area (TPSA) is 149 Å². The molecule has 4 atom stereocenters. The number of anilines is 1. The van der Waals surface area contributed by atoms with Crippen molar-refractivity contribution in [3.63, 3.8) is 0 Å². The van der Waals surface area contributed by atoms with E-state index in [-0.39, 0.29) is 47.0 Å². The van der Waals surface area contributed by atoms with Gasteiger partial charge in [0.25, 0.3) is 5.91 Å². The number of aromatic amines is 1. The van der Waals surface area contributed by atoms with Crippen LogP contribution in [0.15, 0.2) is 47.1 Å². The summed E-state index contributed by atoms with van der Waals surface area (Å²) in [6.45, 7) is 6.25. The third-order valence-electron chi connectivity index (χ3n) is 8.65. The van der Waals surface area contributed by atoms with Crippen LogP contribution in [0, 0.1) is 31.0 Å². The number of fused-ring (bicyclic) bond motifs is 1. The van der Waals surface area contributed by atoms with Gasteiger partial charge in [-0.2, -0.15) is 5.10 Å². The normalized spacial score (nSPS) is 21.7. The van der Waals surface area contributed by atoms with Crippen molar-refractivity contribution in [3.8, 4) is 16.9 Å². The van der Waals surface area contributed by atoms with Crippen LogP contribution in [0.25, 0.3) is 11.1 Å². The number of ether oxygens (including phenoxy) is 1. The van der Waals surface area contributed by atoms with Gasteiger partial charge < -0.3 is 15.8 Å². The van der Waals surface area contributed by atoms with Crippen molar-refractivity contribution in [2.24, 2.45) is 17.1 Å². The first-order valence-corrected chi connectivity index (χ1v) is 13.6. The van der Waals surface area contributed by atoms with Gasteiger partial charge in [-0.1, -0.05) is 30.3 Å². The summed E-state index contributed by atoms with van der Waals surface area (Å²) in [6, 6.07) is 12.2. The standard InChI is InChI=1S/C30H31FN6O4/c1-15(27-28(29(32)39)37-41-36-27)10-19-13-30(19)14-40-24-11-20(31)6-9-22(24)23(30)12-25(38)33-21-7-4-18(5-8-21)26-16(2)34-35-17(26)3/h4-9,11,15,19,23H,10,12-14H2,1-3H3,(H2,32,39)(H,33,38)(H,34,35).